The van der Waals surface area contributed by atoms with Crippen molar-refractivity contribution < 1.29 is 9.13 Å². The van der Waals surface area contributed by atoms with Gasteiger partial charge in [-0.15, -0.1) is 10.2 Å². The Labute approximate surface area is 145 Å². The Kier molecular flexibility index (Phi) is 4.12. The van der Waals surface area contributed by atoms with Crippen LogP contribution in [0.15, 0.2) is 29.4 Å². The van der Waals surface area contributed by atoms with Gasteiger partial charge in [0, 0.05) is 11.8 Å². The van der Waals surface area contributed by atoms with Crippen molar-refractivity contribution >= 4 is 11.8 Å². The van der Waals surface area contributed by atoms with Crippen molar-refractivity contribution in [2.75, 3.05) is 5.75 Å². The standard InChI is InChI=1S/C18H22FN3OS/c1-18(2)10-9-13(23-18)11-24-17-21-20-16(22(17)12-7-8-12)14-5-3-4-6-15(14)19/h3-6,12-13H,7-11H2,1-2H3. The Balaban J connectivity index is 1.55. The molecule has 24 heavy (non-hydrogen) atoms. The van der Waals surface area contributed by atoms with E-state index in [0.29, 0.717) is 17.4 Å². The van der Waals surface area contributed by atoms with Crippen LogP contribution in [0.25, 0.3) is 11.4 Å². The number of aromatic nitrogens is 3. The average Bonchev–Trinajstić information content (AvgIpc) is 3.20. The van der Waals surface area contributed by atoms with Crippen molar-refractivity contribution in [2.24, 2.45) is 0 Å². The molecule has 1 saturated carbocycles. The molecule has 128 valence electrons. The molecule has 1 unspecified atom stereocenters. The van der Waals surface area contributed by atoms with Crippen LogP contribution >= 0.6 is 11.8 Å². The maximum Gasteiger partial charge on any atom is 0.191 e. The fourth-order valence-electron chi connectivity index (χ4n) is 3.23. The van der Waals surface area contributed by atoms with Crippen molar-refractivity contribution in [3.63, 3.8) is 0 Å². The minimum Gasteiger partial charge on any atom is -0.371 e. The summed E-state index contributed by atoms with van der Waals surface area (Å²) in [6.07, 6.45) is 4.65. The van der Waals surface area contributed by atoms with Gasteiger partial charge in [-0.25, -0.2) is 4.39 Å². The monoisotopic (exact) mass is 347 g/mol. The third-order valence-corrected chi connectivity index (χ3v) is 5.72. The van der Waals surface area contributed by atoms with E-state index in [4.69, 9.17) is 4.74 Å². The first-order valence-corrected chi connectivity index (χ1v) is 9.52. The molecular formula is C18H22FN3OS. The van der Waals surface area contributed by atoms with E-state index in [1.165, 1.54) is 6.07 Å². The van der Waals surface area contributed by atoms with Crippen LogP contribution in [0.3, 0.4) is 0 Å². The maximum atomic E-state index is 14.2. The summed E-state index contributed by atoms with van der Waals surface area (Å²) < 4.78 is 22.3. The molecular weight excluding hydrogens is 325 g/mol. The summed E-state index contributed by atoms with van der Waals surface area (Å²) in [5.74, 6) is 1.26. The van der Waals surface area contributed by atoms with Gasteiger partial charge in [0.15, 0.2) is 11.0 Å². The van der Waals surface area contributed by atoms with Gasteiger partial charge in [-0.2, -0.15) is 0 Å². The van der Waals surface area contributed by atoms with Crippen molar-refractivity contribution in [1.82, 2.24) is 14.8 Å². The van der Waals surface area contributed by atoms with Crippen molar-refractivity contribution in [2.45, 2.75) is 62.4 Å². The molecule has 2 fully saturated rings. The fourth-order valence-corrected chi connectivity index (χ4v) is 4.27. The van der Waals surface area contributed by atoms with Crippen molar-refractivity contribution in [1.29, 1.82) is 0 Å². The number of nitrogens with zero attached hydrogens (tertiary/aromatic N) is 3. The first kappa shape index (κ1) is 16.1. The minimum absolute atomic E-state index is 0.0201. The minimum atomic E-state index is -0.246. The molecule has 1 aromatic carbocycles. The molecule has 0 N–H and O–H groups in total. The molecule has 1 saturated heterocycles. The Morgan fingerprint density at radius 1 is 1.25 bits per heavy atom. The summed E-state index contributed by atoms with van der Waals surface area (Å²) in [5, 5.41) is 9.52. The molecule has 0 spiro atoms. The van der Waals surface area contributed by atoms with Crippen LogP contribution in [0.4, 0.5) is 4.39 Å². The van der Waals surface area contributed by atoms with E-state index in [1.807, 2.05) is 6.07 Å². The molecule has 1 atom stereocenters. The Morgan fingerprint density at radius 3 is 2.71 bits per heavy atom. The molecule has 1 aromatic heterocycles. The lowest BCUT2D eigenvalue weighted by atomic mass is 10.1. The van der Waals surface area contributed by atoms with Crippen LogP contribution in [-0.4, -0.2) is 32.2 Å². The number of rotatable bonds is 5. The number of ether oxygens (including phenoxy) is 1. The van der Waals surface area contributed by atoms with Gasteiger partial charge < -0.3 is 4.74 Å². The van der Waals surface area contributed by atoms with E-state index < -0.39 is 0 Å². The second-order valence-electron chi connectivity index (χ2n) is 7.24. The molecule has 2 heterocycles. The lowest BCUT2D eigenvalue weighted by Gasteiger charge is -2.19. The fraction of sp³-hybridized carbons (Fsp3) is 0.556. The van der Waals surface area contributed by atoms with Gasteiger partial charge in [0.2, 0.25) is 0 Å². The lowest BCUT2D eigenvalue weighted by molar-refractivity contribution is -0.00469. The first-order valence-electron chi connectivity index (χ1n) is 8.54. The van der Waals surface area contributed by atoms with Gasteiger partial charge in [-0.05, 0) is 51.7 Å². The van der Waals surface area contributed by atoms with Gasteiger partial charge in [0.05, 0.1) is 17.3 Å². The van der Waals surface area contributed by atoms with E-state index in [9.17, 15) is 4.39 Å². The molecule has 2 aliphatic rings. The Morgan fingerprint density at radius 2 is 2.04 bits per heavy atom. The number of hydrogen-bond donors (Lipinski definition) is 0. The topological polar surface area (TPSA) is 39.9 Å². The zero-order chi connectivity index (χ0) is 16.7. The third-order valence-electron chi connectivity index (χ3n) is 4.64. The Hall–Kier alpha value is -1.40. The van der Waals surface area contributed by atoms with Gasteiger partial charge >= 0.3 is 0 Å². The largest absolute Gasteiger partial charge is 0.371 e. The summed E-state index contributed by atoms with van der Waals surface area (Å²) in [6, 6.07) is 7.19. The van der Waals surface area contributed by atoms with E-state index in [2.05, 4.69) is 28.6 Å². The predicted octanol–water partition coefficient (Wildman–Crippen LogP) is 4.47. The van der Waals surface area contributed by atoms with E-state index in [1.54, 1.807) is 23.9 Å². The number of thioether (sulfide) groups is 1. The zero-order valence-electron chi connectivity index (χ0n) is 14.0. The summed E-state index contributed by atoms with van der Waals surface area (Å²) in [6.45, 7) is 4.28. The lowest BCUT2D eigenvalue weighted by Crippen LogP contribution is -2.21. The van der Waals surface area contributed by atoms with Crippen LogP contribution < -0.4 is 0 Å². The highest BCUT2D eigenvalue weighted by atomic mass is 32.2. The molecule has 1 aliphatic heterocycles. The molecule has 0 radical (unpaired) electrons. The average molecular weight is 347 g/mol. The SMILES string of the molecule is CC1(C)CCC(CSc2nnc(-c3ccccc3F)n2C2CC2)O1. The van der Waals surface area contributed by atoms with Crippen LogP contribution in [0.2, 0.25) is 0 Å². The predicted molar refractivity (Wildman–Crippen MR) is 92.6 cm³/mol. The van der Waals surface area contributed by atoms with E-state index in [0.717, 1.165) is 36.6 Å². The molecule has 4 rings (SSSR count). The second kappa shape index (κ2) is 6.15. The van der Waals surface area contributed by atoms with Gasteiger partial charge in [0.25, 0.3) is 0 Å². The molecule has 4 nitrogen and oxygen atoms in total. The summed E-state index contributed by atoms with van der Waals surface area (Å²) in [4.78, 5) is 0. The van der Waals surface area contributed by atoms with Crippen molar-refractivity contribution in [3.8, 4) is 11.4 Å². The van der Waals surface area contributed by atoms with Gasteiger partial charge in [-0.1, -0.05) is 23.9 Å². The van der Waals surface area contributed by atoms with Crippen LogP contribution in [0.5, 0.6) is 0 Å². The van der Waals surface area contributed by atoms with Crippen molar-refractivity contribution in [3.05, 3.63) is 30.1 Å². The summed E-state index contributed by atoms with van der Waals surface area (Å²) in [7, 11) is 0. The number of halogens is 1. The second-order valence-corrected chi connectivity index (χ2v) is 8.22. The molecule has 2 aromatic rings. The normalized spacial score (nSPS) is 22.9. The highest BCUT2D eigenvalue weighted by Crippen LogP contribution is 2.42. The first-order chi connectivity index (χ1) is 11.5. The van der Waals surface area contributed by atoms with Gasteiger partial charge in [0.1, 0.15) is 5.82 Å². The number of benzene rings is 1. The Bertz CT molecular complexity index is 742. The van der Waals surface area contributed by atoms with E-state index >= 15 is 0 Å². The number of hydrogen-bond acceptors (Lipinski definition) is 4. The third kappa shape index (κ3) is 3.22. The molecule has 6 heteroatoms. The molecule has 0 bridgehead atoms. The van der Waals surface area contributed by atoms with Crippen LogP contribution in [0.1, 0.15) is 45.6 Å². The smallest absolute Gasteiger partial charge is 0.191 e. The molecule has 1 aliphatic carbocycles. The maximum absolute atomic E-state index is 14.2. The van der Waals surface area contributed by atoms with E-state index in [-0.39, 0.29) is 17.5 Å². The summed E-state index contributed by atoms with van der Waals surface area (Å²) in [5.41, 5.74) is 0.510. The summed E-state index contributed by atoms with van der Waals surface area (Å²) >= 11 is 1.68. The highest BCUT2D eigenvalue weighted by Gasteiger charge is 2.34. The highest BCUT2D eigenvalue weighted by molar-refractivity contribution is 7.99. The zero-order valence-corrected chi connectivity index (χ0v) is 14.9. The molecule has 0 amide bonds. The van der Waals surface area contributed by atoms with Crippen LogP contribution in [-0.2, 0) is 4.74 Å². The van der Waals surface area contributed by atoms with Crippen LogP contribution in [0, 0.1) is 5.82 Å². The van der Waals surface area contributed by atoms with Gasteiger partial charge in [-0.3, -0.25) is 4.57 Å². The quantitative estimate of drug-likeness (QED) is 0.748.